The Morgan fingerprint density at radius 3 is 2.73 bits per heavy atom. The Bertz CT molecular complexity index is 744. The van der Waals surface area contributed by atoms with Crippen molar-refractivity contribution in [3.63, 3.8) is 0 Å². The smallest absolute Gasteiger partial charge is 0.263 e. The number of hydrogen-bond acceptors (Lipinski definition) is 5. The van der Waals surface area contributed by atoms with Gasteiger partial charge in [0.15, 0.2) is 0 Å². The van der Waals surface area contributed by atoms with Crippen LogP contribution < -0.4 is 4.72 Å². The van der Waals surface area contributed by atoms with Gasteiger partial charge in [-0.2, -0.15) is 0 Å². The van der Waals surface area contributed by atoms with Crippen molar-refractivity contribution in [1.82, 2.24) is 9.62 Å². The molecule has 1 fully saturated rings. The molecule has 0 bridgehead atoms. The van der Waals surface area contributed by atoms with Crippen molar-refractivity contribution in [2.45, 2.75) is 23.6 Å². The molecule has 3 heterocycles. The fraction of sp³-hybridized carbons (Fsp3) is 0.357. The van der Waals surface area contributed by atoms with Crippen LogP contribution >= 0.6 is 11.3 Å². The molecule has 2 aromatic heterocycles. The number of hydrogen-bond donors (Lipinski definition) is 1. The van der Waals surface area contributed by atoms with Crippen LogP contribution in [0.5, 0.6) is 0 Å². The molecule has 6 nitrogen and oxygen atoms in total. The summed E-state index contributed by atoms with van der Waals surface area (Å²) in [6.45, 7) is 1.58. The van der Waals surface area contributed by atoms with Gasteiger partial charge in [-0.1, -0.05) is 0 Å². The molecule has 0 aromatic carbocycles. The van der Waals surface area contributed by atoms with Crippen LogP contribution in [0.25, 0.3) is 0 Å². The maximum Gasteiger partial charge on any atom is 0.263 e. The molecular formula is C14H16N2O4S2. The third-order valence-electron chi connectivity index (χ3n) is 3.47. The summed E-state index contributed by atoms with van der Waals surface area (Å²) in [5.41, 5.74) is 0. The normalized spacial score (nSPS) is 15.4. The van der Waals surface area contributed by atoms with Gasteiger partial charge in [0.25, 0.3) is 5.91 Å². The first kappa shape index (κ1) is 15.3. The number of sulfonamides is 1. The minimum atomic E-state index is -3.63. The predicted molar refractivity (Wildman–Crippen MR) is 82.2 cm³/mol. The number of nitrogens with zero attached hydrogens (tertiary/aromatic N) is 1. The number of carbonyl (C=O) groups is 1. The van der Waals surface area contributed by atoms with Gasteiger partial charge in [0.2, 0.25) is 10.0 Å². The van der Waals surface area contributed by atoms with Gasteiger partial charge in [-0.25, -0.2) is 13.1 Å². The fourth-order valence-electron chi connectivity index (χ4n) is 2.31. The van der Waals surface area contributed by atoms with Crippen molar-refractivity contribution >= 4 is 27.3 Å². The van der Waals surface area contributed by atoms with Gasteiger partial charge in [-0.3, -0.25) is 4.79 Å². The van der Waals surface area contributed by atoms with Crippen molar-refractivity contribution in [1.29, 1.82) is 0 Å². The Hall–Kier alpha value is -1.64. The van der Waals surface area contributed by atoms with Gasteiger partial charge in [-0.05, 0) is 37.1 Å². The van der Waals surface area contributed by atoms with Gasteiger partial charge in [0, 0.05) is 13.1 Å². The van der Waals surface area contributed by atoms with Gasteiger partial charge >= 0.3 is 0 Å². The summed E-state index contributed by atoms with van der Waals surface area (Å²) in [4.78, 5) is 14.5. The van der Waals surface area contributed by atoms with E-state index in [0.29, 0.717) is 10.6 Å². The van der Waals surface area contributed by atoms with Crippen LogP contribution in [0.4, 0.5) is 0 Å². The summed E-state index contributed by atoms with van der Waals surface area (Å²) in [6.07, 6.45) is 3.50. The Kier molecular flexibility index (Phi) is 4.32. The monoisotopic (exact) mass is 340 g/mol. The number of carbonyl (C=O) groups excluding carboxylic acids is 1. The van der Waals surface area contributed by atoms with Crippen molar-refractivity contribution in [3.8, 4) is 0 Å². The number of furan rings is 1. The Balaban J connectivity index is 1.70. The fourth-order valence-corrected chi connectivity index (χ4v) is 4.62. The van der Waals surface area contributed by atoms with Crippen LogP contribution in [-0.2, 0) is 16.6 Å². The van der Waals surface area contributed by atoms with Crippen molar-refractivity contribution < 1.29 is 17.6 Å². The SMILES string of the molecule is O=C(c1ccc(S(=O)(=O)NCc2ccco2)s1)N1CCCC1. The summed E-state index contributed by atoms with van der Waals surface area (Å²) >= 11 is 1.000. The van der Waals surface area contributed by atoms with Crippen LogP contribution in [0, 0.1) is 0 Å². The van der Waals surface area contributed by atoms with E-state index >= 15 is 0 Å². The second-order valence-electron chi connectivity index (χ2n) is 5.02. The molecule has 1 aliphatic heterocycles. The van der Waals surface area contributed by atoms with Crippen molar-refractivity contribution in [2.75, 3.05) is 13.1 Å². The molecule has 1 aliphatic rings. The molecule has 0 unspecified atom stereocenters. The van der Waals surface area contributed by atoms with E-state index < -0.39 is 10.0 Å². The predicted octanol–water partition coefficient (Wildman–Crippen LogP) is 2.06. The standard InChI is InChI=1S/C14H16N2O4S2/c17-14(16-7-1-2-8-16)12-5-6-13(21-12)22(18,19)15-10-11-4-3-9-20-11/h3-6,9,15H,1-2,7-8,10H2. The van der Waals surface area contributed by atoms with E-state index in [1.807, 2.05) is 0 Å². The topological polar surface area (TPSA) is 79.6 Å². The number of likely N-dealkylation sites (tertiary alicyclic amines) is 1. The van der Waals surface area contributed by atoms with E-state index in [0.717, 1.165) is 37.3 Å². The van der Waals surface area contributed by atoms with Crippen LogP contribution in [0.2, 0.25) is 0 Å². The summed E-state index contributed by atoms with van der Waals surface area (Å²) in [5.74, 6) is 0.448. The summed E-state index contributed by atoms with van der Waals surface area (Å²) in [7, 11) is -3.63. The molecule has 0 aliphatic carbocycles. The Labute approximate surface area is 132 Å². The lowest BCUT2D eigenvalue weighted by Crippen LogP contribution is -2.26. The second kappa shape index (κ2) is 6.23. The number of amides is 1. The molecule has 118 valence electrons. The first-order chi connectivity index (χ1) is 10.6. The number of thiophene rings is 1. The highest BCUT2D eigenvalue weighted by atomic mass is 32.2. The van der Waals surface area contributed by atoms with Crippen molar-refractivity contribution in [2.24, 2.45) is 0 Å². The van der Waals surface area contributed by atoms with Crippen LogP contribution in [0.1, 0.15) is 28.3 Å². The molecule has 1 saturated heterocycles. The Morgan fingerprint density at radius 2 is 2.05 bits per heavy atom. The molecular weight excluding hydrogens is 324 g/mol. The third-order valence-corrected chi connectivity index (χ3v) is 6.43. The molecule has 22 heavy (non-hydrogen) atoms. The van der Waals surface area contributed by atoms with E-state index in [4.69, 9.17) is 4.42 Å². The first-order valence-electron chi connectivity index (χ1n) is 6.97. The minimum Gasteiger partial charge on any atom is -0.468 e. The van der Waals surface area contributed by atoms with Crippen molar-refractivity contribution in [3.05, 3.63) is 41.2 Å². The lowest BCUT2D eigenvalue weighted by Gasteiger charge is -2.13. The zero-order chi connectivity index (χ0) is 15.6. The molecule has 1 N–H and O–H groups in total. The molecule has 1 amide bonds. The van der Waals surface area contributed by atoms with Crippen LogP contribution in [-0.4, -0.2) is 32.3 Å². The summed E-state index contributed by atoms with van der Waals surface area (Å²) in [5, 5.41) is 0. The zero-order valence-corrected chi connectivity index (χ0v) is 13.5. The lowest BCUT2D eigenvalue weighted by atomic mass is 10.4. The average Bonchev–Trinajstić information content (AvgIpc) is 3.26. The highest BCUT2D eigenvalue weighted by Gasteiger charge is 2.24. The van der Waals surface area contributed by atoms with E-state index in [1.54, 1.807) is 23.1 Å². The molecule has 0 radical (unpaired) electrons. The number of rotatable bonds is 5. The average molecular weight is 340 g/mol. The second-order valence-corrected chi connectivity index (χ2v) is 8.10. The molecule has 8 heteroatoms. The molecule has 0 spiro atoms. The third kappa shape index (κ3) is 3.23. The van der Waals surface area contributed by atoms with Crippen LogP contribution in [0.3, 0.4) is 0 Å². The molecule has 3 rings (SSSR count). The van der Waals surface area contributed by atoms with Gasteiger partial charge < -0.3 is 9.32 Å². The largest absolute Gasteiger partial charge is 0.468 e. The highest BCUT2D eigenvalue weighted by molar-refractivity contribution is 7.91. The van der Waals surface area contributed by atoms with E-state index in [-0.39, 0.29) is 16.7 Å². The van der Waals surface area contributed by atoms with E-state index in [9.17, 15) is 13.2 Å². The Morgan fingerprint density at radius 1 is 1.27 bits per heavy atom. The quantitative estimate of drug-likeness (QED) is 0.903. The highest BCUT2D eigenvalue weighted by Crippen LogP contribution is 2.24. The minimum absolute atomic E-state index is 0.0860. The zero-order valence-electron chi connectivity index (χ0n) is 11.8. The molecule has 0 saturated carbocycles. The van der Waals surface area contributed by atoms with E-state index in [1.165, 1.54) is 12.3 Å². The van der Waals surface area contributed by atoms with Gasteiger partial charge in [0.05, 0.1) is 17.7 Å². The summed E-state index contributed by atoms with van der Waals surface area (Å²) in [6, 6.07) is 6.44. The molecule has 2 aromatic rings. The molecule has 0 atom stereocenters. The maximum atomic E-state index is 12.2. The first-order valence-corrected chi connectivity index (χ1v) is 9.27. The number of nitrogens with one attached hydrogen (secondary N) is 1. The lowest BCUT2D eigenvalue weighted by molar-refractivity contribution is 0.0797. The van der Waals surface area contributed by atoms with Crippen LogP contribution in [0.15, 0.2) is 39.2 Å². The summed E-state index contributed by atoms with van der Waals surface area (Å²) < 4.78 is 32.1. The maximum absolute atomic E-state index is 12.2. The van der Waals surface area contributed by atoms with Gasteiger partial charge in [0.1, 0.15) is 9.97 Å². The van der Waals surface area contributed by atoms with E-state index in [2.05, 4.69) is 4.72 Å². The van der Waals surface area contributed by atoms with Gasteiger partial charge in [-0.15, -0.1) is 11.3 Å².